The lowest BCUT2D eigenvalue weighted by Gasteiger charge is -2.22. The first-order valence-corrected chi connectivity index (χ1v) is 17.8. The fraction of sp³-hybridized carbons (Fsp3) is 0.170. The maximum atomic E-state index is 5.19. The summed E-state index contributed by atoms with van der Waals surface area (Å²) < 4.78 is 2.33. The number of rotatable bonds is 5. The van der Waals surface area contributed by atoms with Gasteiger partial charge in [-0.2, -0.15) is 0 Å². The highest BCUT2D eigenvalue weighted by molar-refractivity contribution is 6.09. The predicted octanol–water partition coefficient (Wildman–Crippen LogP) is 11.9. The van der Waals surface area contributed by atoms with E-state index in [0.29, 0.717) is 17.5 Å². The van der Waals surface area contributed by atoms with E-state index in [0.717, 1.165) is 28.8 Å². The van der Waals surface area contributed by atoms with Crippen LogP contribution < -0.4 is 0 Å². The van der Waals surface area contributed by atoms with Crippen molar-refractivity contribution in [1.29, 1.82) is 0 Å². The molecule has 1 aliphatic rings. The number of aryl methyl sites for hydroxylation is 1. The van der Waals surface area contributed by atoms with Gasteiger partial charge in [0.15, 0.2) is 17.5 Å². The topological polar surface area (TPSA) is 43.6 Å². The maximum absolute atomic E-state index is 5.19. The Hall–Kier alpha value is -5.87. The molecule has 248 valence electrons. The summed E-state index contributed by atoms with van der Waals surface area (Å²) in [6, 6.07) is 49.7. The van der Waals surface area contributed by atoms with Gasteiger partial charge in [0, 0.05) is 33.2 Å². The fourth-order valence-corrected chi connectivity index (χ4v) is 8.58. The Morgan fingerprint density at radius 3 is 1.73 bits per heavy atom. The average molecular weight is 661 g/mol. The highest BCUT2D eigenvalue weighted by Gasteiger charge is 2.41. The largest absolute Gasteiger partial charge is 0.309 e. The molecule has 0 saturated carbocycles. The zero-order chi connectivity index (χ0) is 34.9. The minimum Gasteiger partial charge on any atom is -0.309 e. The summed E-state index contributed by atoms with van der Waals surface area (Å²) >= 11 is 0. The van der Waals surface area contributed by atoms with Crippen molar-refractivity contribution in [3.8, 4) is 51.0 Å². The van der Waals surface area contributed by atoms with Gasteiger partial charge in [0.05, 0.1) is 11.0 Å². The molecule has 1 aliphatic carbocycles. The Labute approximate surface area is 299 Å². The molecule has 0 unspecified atom stereocenters. The molecule has 9 rings (SSSR count). The quantitative estimate of drug-likeness (QED) is 0.184. The Balaban J connectivity index is 1.20. The third-order valence-corrected chi connectivity index (χ3v) is 10.6. The van der Waals surface area contributed by atoms with Crippen molar-refractivity contribution in [2.75, 3.05) is 0 Å². The number of benzene rings is 6. The summed E-state index contributed by atoms with van der Waals surface area (Å²) in [4.78, 5) is 15.4. The molecule has 6 aromatic carbocycles. The van der Waals surface area contributed by atoms with E-state index in [4.69, 9.17) is 15.0 Å². The molecule has 0 N–H and O–H groups in total. The number of aromatic nitrogens is 4. The van der Waals surface area contributed by atoms with Gasteiger partial charge in [-0.15, -0.1) is 0 Å². The van der Waals surface area contributed by atoms with E-state index in [9.17, 15) is 0 Å². The molecular formula is C47H40N4. The molecule has 0 fully saturated rings. The van der Waals surface area contributed by atoms with Crippen LogP contribution in [0.5, 0.6) is 0 Å². The van der Waals surface area contributed by atoms with E-state index >= 15 is 0 Å². The molecule has 51 heavy (non-hydrogen) atoms. The predicted molar refractivity (Wildman–Crippen MR) is 211 cm³/mol. The molecule has 4 nitrogen and oxygen atoms in total. The molecule has 2 aromatic heterocycles. The summed E-state index contributed by atoms with van der Waals surface area (Å²) in [5.41, 5.74) is 13.0. The first-order chi connectivity index (χ1) is 24.6. The van der Waals surface area contributed by atoms with Crippen molar-refractivity contribution in [2.24, 2.45) is 0 Å². The minimum absolute atomic E-state index is 0.128. The Morgan fingerprint density at radius 2 is 1.02 bits per heavy atom. The molecule has 8 aromatic rings. The third-order valence-electron chi connectivity index (χ3n) is 10.6. The van der Waals surface area contributed by atoms with Crippen LogP contribution in [0, 0.1) is 6.92 Å². The van der Waals surface area contributed by atoms with Gasteiger partial charge in [-0.25, -0.2) is 15.0 Å². The second-order valence-electron chi connectivity index (χ2n) is 15.4. The second kappa shape index (κ2) is 11.6. The van der Waals surface area contributed by atoms with Gasteiger partial charge in [-0.05, 0) is 88.4 Å². The zero-order valence-corrected chi connectivity index (χ0v) is 29.8. The summed E-state index contributed by atoms with van der Waals surface area (Å²) in [7, 11) is 0. The third kappa shape index (κ3) is 5.34. The van der Waals surface area contributed by atoms with Crippen LogP contribution in [0.3, 0.4) is 0 Å². The van der Waals surface area contributed by atoms with Crippen LogP contribution in [0.2, 0.25) is 0 Å². The molecule has 0 saturated heterocycles. The van der Waals surface area contributed by atoms with Crippen molar-refractivity contribution < 1.29 is 0 Å². The van der Waals surface area contributed by atoms with E-state index in [-0.39, 0.29) is 10.8 Å². The van der Waals surface area contributed by atoms with Gasteiger partial charge in [0.2, 0.25) is 0 Å². The van der Waals surface area contributed by atoms with Crippen LogP contribution in [-0.2, 0) is 10.8 Å². The summed E-state index contributed by atoms with van der Waals surface area (Å²) in [5.74, 6) is 1.96. The second-order valence-corrected chi connectivity index (χ2v) is 15.4. The van der Waals surface area contributed by atoms with Crippen LogP contribution in [0.1, 0.15) is 50.8 Å². The van der Waals surface area contributed by atoms with Gasteiger partial charge in [-0.1, -0.05) is 131 Å². The lowest BCUT2D eigenvalue weighted by atomic mass is 9.82. The molecule has 0 spiro atoms. The van der Waals surface area contributed by atoms with Crippen molar-refractivity contribution in [2.45, 2.75) is 51.9 Å². The van der Waals surface area contributed by atoms with Crippen LogP contribution in [0.25, 0.3) is 72.8 Å². The molecule has 0 amide bonds. The number of para-hydroxylation sites is 2. The number of fused-ring (bicyclic) bond motifs is 4. The normalized spacial score (nSPS) is 14.6. The first-order valence-electron chi connectivity index (χ1n) is 17.8. The van der Waals surface area contributed by atoms with Crippen molar-refractivity contribution in [3.63, 3.8) is 0 Å². The van der Waals surface area contributed by atoms with Crippen LogP contribution in [-0.4, -0.2) is 19.5 Å². The van der Waals surface area contributed by atoms with Crippen molar-refractivity contribution in [1.82, 2.24) is 19.5 Å². The molecule has 0 atom stereocenters. The van der Waals surface area contributed by atoms with Gasteiger partial charge in [-0.3, -0.25) is 0 Å². The van der Waals surface area contributed by atoms with E-state index in [2.05, 4.69) is 161 Å². The SMILES string of the molecule is Cc1cc(-c2ccc3c(c2)C(C)(C)CC3(C)C)cc(-c2nc(-c3ccccc3)nc(-c3cccc(-n4c5ccccc5c5ccccc54)c3)n2)c1. The van der Waals surface area contributed by atoms with Gasteiger partial charge < -0.3 is 4.57 Å². The summed E-state index contributed by atoms with van der Waals surface area (Å²) in [5, 5.41) is 2.47. The van der Waals surface area contributed by atoms with Crippen molar-refractivity contribution in [3.05, 3.63) is 156 Å². The van der Waals surface area contributed by atoms with Crippen LogP contribution in [0.15, 0.2) is 140 Å². The highest BCUT2D eigenvalue weighted by atomic mass is 15.0. The lowest BCUT2D eigenvalue weighted by Crippen LogP contribution is -2.17. The number of nitrogens with zero attached hydrogens (tertiary/aromatic N) is 4. The first kappa shape index (κ1) is 31.1. The summed E-state index contributed by atoms with van der Waals surface area (Å²) in [6.45, 7) is 11.6. The highest BCUT2D eigenvalue weighted by Crippen LogP contribution is 2.50. The maximum Gasteiger partial charge on any atom is 0.164 e. The fourth-order valence-electron chi connectivity index (χ4n) is 8.58. The smallest absolute Gasteiger partial charge is 0.164 e. The zero-order valence-electron chi connectivity index (χ0n) is 29.8. The molecule has 4 heteroatoms. The van der Waals surface area contributed by atoms with Gasteiger partial charge in [0.25, 0.3) is 0 Å². The minimum atomic E-state index is 0.128. The molecule has 2 heterocycles. The van der Waals surface area contributed by atoms with E-state index < -0.39 is 0 Å². The van der Waals surface area contributed by atoms with E-state index in [1.165, 1.54) is 49.6 Å². The Bertz CT molecular complexity index is 2570. The molecular weight excluding hydrogens is 621 g/mol. The van der Waals surface area contributed by atoms with Crippen molar-refractivity contribution >= 4 is 21.8 Å². The average Bonchev–Trinajstić information content (AvgIpc) is 3.58. The standard InChI is InChI=1S/C47H40N4/c1-30-24-34(32-22-23-39-40(28-32)47(4,5)29-46(39,2)3)26-35(25-30)45-49-43(31-14-7-6-8-15-31)48-44(50-45)33-16-13-17-36(27-33)51-41-20-11-9-18-37(41)38-19-10-12-21-42(38)51/h6-28H,29H2,1-5H3. The lowest BCUT2D eigenvalue weighted by molar-refractivity contribution is 0.403. The number of hydrogen-bond acceptors (Lipinski definition) is 3. The Kier molecular flexibility index (Phi) is 7.08. The van der Waals surface area contributed by atoms with Gasteiger partial charge in [0.1, 0.15) is 0 Å². The number of hydrogen-bond donors (Lipinski definition) is 0. The molecule has 0 bridgehead atoms. The van der Waals surface area contributed by atoms with Crippen LogP contribution in [0.4, 0.5) is 0 Å². The molecule has 0 radical (unpaired) electrons. The van der Waals surface area contributed by atoms with E-state index in [1.807, 2.05) is 18.2 Å². The molecule has 0 aliphatic heterocycles. The Morgan fingerprint density at radius 1 is 0.451 bits per heavy atom. The monoisotopic (exact) mass is 660 g/mol. The van der Waals surface area contributed by atoms with Gasteiger partial charge >= 0.3 is 0 Å². The van der Waals surface area contributed by atoms with Crippen LogP contribution >= 0.6 is 0 Å². The summed E-state index contributed by atoms with van der Waals surface area (Å²) in [6.07, 6.45) is 1.14. The van der Waals surface area contributed by atoms with E-state index in [1.54, 1.807) is 0 Å².